The van der Waals surface area contributed by atoms with Crippen molar-refractivity contribution in [2.45, 2.75) is 9.79 Å². The number of aromatic nitrogens is 2. The van der Waals surface area contributed by atoms with Crippen molar-refractivity contribution < 1.29 is 13.2 Å². The van der Waals surface area contributed by atoms with Gasteiger partial charge in [-0.25, -0.2) is 8.42 Å². The number of rotatable bonds is 5. The summed E-state index contributed by atoms with van der Waals surface area (Å²) in [6.07, 6.45) is 9.13. The molecule has 0 saturated carbocycles. The molecule has 0 aliphatic rings. The van der Waals surface area contributed by atoms with Gasteiger partial charge in [0.2, 0.25) is 15.7 Å². The first-order valence-electron chi connectivity index (χ1n) is 7.70. The number of nitrogens with zero attached hydrogens (tertiary/aromatic N) is 2. The maximum Gasteiger partial charge on any atom is 0.248 e. The first-order chi connectivity index (χ1) is 12.6. The van der Waals surface area contributed by atoms with Gasteiger partial charge in [0.25, 0.3) is 0 Å². The average molecular weight is 365 g/mol. The van der Waals surface area contributed by atoms with Crippen LogP contribution < -0.4 is 5.32 Å². The van der Waals surface area contributed by atoms with Gasteiger partial charge in [-0.1, -0.05) is 6.07 Å². The van der Waals surface area contributed by atoms with Crippen molar-refractivity contribution in [3.05, 3.63) is 85.0 Å². The summed E-state index contributed by atoms with van der Waals surface area (Å²) < 4.78 is 25.0. The zero-order valence-electron chi connectivity index (χ0n) is 13.6. The quantitative estimate of drug-likeness (QED) is 0.702. The zero-order chi connectivity index (χ0) is 18.4. The van der Waals surface area contributed by atoms with Crippen LogP contribution in [0.2, 0.25) is 0 Å². The Kier molecular flexibility index (Phi) is 5.19. The lowest BCUT2D eigenvalue weighted by Gasteiger charge is -2.06. The van der Waals surface area contributed by atoms with E-state index in [0.29, 0.717) is 5.69 Å². The van der Waals surface area contributed by atoms with Crippen LogP contribution >= 0.6 is 0 Å². The highest BCUT2D eigenvalue weighted by Crippen LogP contribution is 2.21. The molecule has 6 nitrogen and oxygen atoms in total. The Morgan fingerprint density at radius 3 is 2.19 bits per heavy atom. The van der Waals surface area contributed by atoms with Crippen LogP contribution in [0.1, 0.15) is 5.56 Å². The Bertz CT molecular complexity index is 1020. The SMILES string of the molecule is O=C(/C=C/c1cccnc1)Nc1ccc(S(=O)(=O)c2cccnc2)cc1. The van der Waals surface area contributed by atoms with Gasteiger partial charge in [-0.2, -0.15) is 0 Å². The van der Waals surface area contributed by atoms with E-state index in [0.717, 1.165) is 5.56 Å². The van der Waals surface area contributed by atoms with E-state index in [1.54, 1.807) is 42.7 Å². The molecule has 0 atom stereocenters. The normalized spacial score (nSPS) is 11.4. The monoisotopic (exact) mass is 365 g/mol. The Balaban J connectivity index is 1.70. The molecule has 1 aromatic carbocycles. The first kappa shape index (κ1) is 17.5. The predicted molar refractivity (Wildman–Crippen MR) is 98.0 cm³/mol. The molecule has 7 heteroatoms. The number of pyridine rings is 2. The molecular weight excluding hydrogens is 350 g/mol. The van der Waals surface area contributed by atoms with Gasteiger partial charge in [-0.05, 0) is 54.1 Å². The van der Waals surface area contributed by atoms with Crippen LogP contribution in [0.25, 0.3) is 6.08 Å². The lowest BCUT2D eigenvalue weighted by atomic mass is 10.2. The van der Waals surface area contributed by atoms with E-state index in [-0.39, 0.29) is 15.7 Å². The number of hydrogen-bond donors (Lipinski definition) is 1. The van der Waals surface area contributed by atoms with Crippen molar-refractivity contribution in [3.63, 3.8) is 0 Å². The number of carbonyl (C=O) groups excluding carboxylic acids is 1. The molecule has 0 fully saturated rings. The molecule has 26 heavy (non-hydrogen) atoms. The summed E-state index contributed by atoms with van der Waals surface area (Å²) in [5.41, 5.74) is 1.30. The molecule has 0 bridgehead atoms. The maximum atomic E-state index is 12.5. The fourth-order valence-corrected chi connectivity index (χ4v) is 3.41. The molecule has 2 heterocycles. The van der Waals surface area contributed by atoms with E-state index in [4.69, 9.17) is 0 Å². The Morgan fingerprint density at radius 1 is 0.885 bits per heavy atom. The molecule has 0 aliphatic heterocycles. The second-order valence-electron chi connectivity index (χ2n) is 5.33. The number of carbonyl (C=O) groups is 1. The summed E-state index contributed by atoms with van der Waals surface area (Å²) in [7, 11) is -3.63. The molecule has 0 radical (unpaired) electrons. The highest BCUT2D eigenvalue weighted by atomic mass is 32.2. The fraction of sp³-hybridized carbons (Fsp3) is 0. The highest BCUT2D eigenvalue weighted by Gasteiger charge is 2.17. The Morgan fingerprint density at radius 2 is 1.58 bits per heavy atom. The second-order valence-corrected chi connectivity index (χ2v) is 7.28. The number of sulfone groups is 1. The van der Waals surface area contributed by atoms with Gasteiger partial charge in [0.15, 0.2) is 0 Å². The summed E-state index contributed by atoms with van der Waals surface area (Å²) >= 11 is 0. The van der Waals surface area contributed by atoms with Crippen LogP contribution in [-0.2, 0) is 14.6 Å². The van der Waals surface area contributed by atoms with E-state index in [9.17, 15) is 13.2 Å². The third-order valence-corrected chi connectivity index (χ3v) is 5.24. The molecule has 0 unspecified atom stereocenters. The summed E-state index contributed by atoms with van der Waals surface area (Å²) in [6.45, 7) is 0. The third-order valence-electron chi connectivity index (χ3n) is 3.49. The summed E-state index contributed by atoms with van der Waals surface area (Å²) in [5.74, 6) is -0.322. The van der Waals surface area contributed by atoms with Gasteiger partial charge in [0.1, 0.15) is 0 Å². The van der Waals surface area contributed by atoms with Crippen LogP contribution in [-0.4, -0.2) is 24.3 Å². The summed E-state index contributed by atoms with van der Waals surface area (Å²) in [6, 6.07) is 12.6. The van der Waals surface area contributed by atoms with Crippen molar-refractivity contribution in [2.75, 3.05) is 5.32 Å². The van der Waals surface area contributed by atoms with E-state index in [2.05, 4.69) is 15.3 Å². The van der Waals surface area contributed by atoms with Crippen molar-refractivity contribution in [3.8, 4) is 0 Å². The molecule has 0 spiro atoms. The van der Waals surface area contributed by atoms with E-state index in [1.165, 1.54) is 36.7 Å². The van der Waals surface area contributed by atoms with E-state index < -0.39 is 9.84 Å². The molecule has 3 rings (SSSR count). The van der Waals surface area contributed by atoms with Gasteiger partial charge in [-0.3, -0.25) is 14.8 Å². The largest absolute Gasteiger partial charge is 0.323 e. The van der Waals surface area contributed by atoms with Crippen LogP contribution in [0.15, 0.2) is 89.2 Å². The molecule has 2 aromatic heterocycles. The Labute approximate surface area is 151 Å². The predicted octanol–water partition coefficient (Wildman–Crippen LogP) is 2.96. The zero-order valence-corrected chi connectivity index (χ0v) is 14.4. The van der Waals surface area contributed by atoms with Crippen LogP contribution in [0.4, 0.5) is 5.69 Å². The molecule has 1 amide bonds. The molecular formula is C19H15N3O3S. The van der Waals surface area contributed by atoms with Gasteiger partial charge in [0, 0.05) is 36.6 Å². The molecule has 0 saturated heterocycles. The highest BCUT2D eigenvalue weighted by molar-refractivity contribution is 7.91. The molecule has 130 valence electrons. The fourth-order valence-electron chi connectivity index (χ4n) is 2.19. The molecule has 1 N–H and O–H groups in total. The van der Waals surface area contributed by atoms with Crippen LogP contribution in [0, 0.1) is 0 Å². The van der Waals surface area contributed by atoms with Gasteiger partial charge in [-0.15, -0.1) is 0 Å². The van der Waals surface area contributed by atoms with Crippen LogP contribution in [0.3, 0.4) is 0 Å². The summed E-state index contributed by atoms with van der Waals surface area (Å²) in [5, 5.41) is 2.68. The average Bonchev–Trinajstić information content (AvgIpc) is 2.68. The van der Waals surface area contributed by atoms with Crippen molar-refractivity contribution in [1.29, 1.82) is 0 Å². The standard InChI is InChI=1S/C19H15N3O3S/c23-19(10-5-15-3-1-11-20-13-15)22-16-6-8-17(9-7-16)26(24,25)18-4-2-12-21-14-18/h1-14H,(H,22,23)/b10-5+. The first-order valence-corrected chi connectivity index (χ1v) is 9.18. The molecule has 3 aromatic rings. The number of anilines is 1. The minimum absolute atomic E-state index is 0.121. The maximum absolute atomic E-state index is 12.5. The minimum Gasteiger partial charge on any atom is -0.323 e. The van der Waals surface area contributed by atoms with E-state index >= 15 is 0 Å². The minimum atomic E-state index is -3.63. The Hall–Kier alpha value is -3.32. The van der Waals surface area contributed by atoms with Crippen molar-refractivity contribution in [1.82, 2.24) is 9.97 Å². The molecule has 0 aliphatic carbocycles. The third kappa shape index (κ3) is 4.20. The van der Waals surface area contributed by atoms with E-state index in [1.807, 2.05) is 6.07 Å². The van der Waals surface area contributed by atoms with Gasteiger partial charge < -0.3 is 5.32 Å². The topological polar surface area (TPSA) is 89.0 Å². The van der Waals surface area contributed by atoms with Gasteiger partial charge in [0.05, 0.1) is 9.79 Å². The number of benzene rings is 1. The van der Waals surface area contributed by atoms with Crippen LogP contribution in [0.5, 0.6) is 0 Å². The number of hydrogen-bond acceptors (Lipinski definition) is 5. The lowest BCUT2D eigenvalue weighted by molar-refractivity contribution is -0.111. The van der Waals surface area contributed by atoms with Crippen molar-refractivity contribution >= 4 is 27.5 Å². The van der Waals surface area contributed by atoms with Gasteiger partial charge >= 0.3 is 0 Å². The number of nitrogens with one attached hydrogen (secondary N) is 1. The lowest BCUT2D eigenvalue weighted by Crippen LogP contribution is -2.08. The van der Waals surface area contributed by atoms with Crippen molar-refractivity contribution in [2.24, 2.45) is 0 Å². The smallest absolute Gasteiger partial charge is 0.248 e. The summed E-state index contributed by atoms with van der Waals surface area (Å²) in [4.78, 5) is 20.0. The number of amides is 1. The second kappa shape index (κ2) is 7.71.